The highest BCUT2D eigenvalue weighted by atomic mass is 32.2. The molecule has 24 heavy (non-hydrogen) atoms. The first-order valence-corrected chi connectivity index (χ1v) is 8.21. The second kappa shape index (κ2) is 7.54. The minimum absolute atomic E-state index is 0.189. The summed E-state index contributed by atoms with van der Waals surface area (Å²) in [6.45, 7) is 0.665. The summed E-state index contributed by atoms with van der Waals surface area (Å²) >= 11 is 0. The monoisotopic (exact) mass is 361 g/mol. The lowest BCUT2D eigenvalue weighted by Crippen LogP contribution is -2.15. The summed E-state index contributed by atoms with van der Waals surface area (Å²) in [6.07, 6.45) is 0. The van der Waals surface area contributed by atoms with Crippen LogP contribution in [0.1, 0.15) is 0 Å². The third kappa shape index (κ3) is 4.18. The largest absolute Gasteiger partial charge is 0.491 e. The molecule has 130 valence electrons. The first-order chi connectivity index (χ1) is 11.3. The van der Waals surface area contributed by atoms with Gasteiger partial charge in [0.05, 0.1) is 17.2 Å². The topological polar surface area (TPSA) is 64.6 Å². The Morgan fingerprint density at radius 3 is 2.25 bits per heavy atom. The number of benzene rings is 2. The summed E-state index contributed by atoms with van der Waals surface area (Å²) in [5, 5.41) is 0. The molecule has 1 N–H and O–H groups in total. The van der Waals surface area contributed by atoms with Crippen LogP contribution in [0, 0.1) is 17.5 Å². The summed E-state index contributed by atoms with van der Waals surface area (Å²) in [4.78, 5) is -0.189. The van der Waals surface area contributed by atoms with E-state index >= 15 is 0 Å². The van der Waals surface area contributed by atoms with E-state index in [1.165, 1.54) is 31.4 Å². The summed E-state index contributed by atoms with van der Waals surface area (Å²) in [5.74, 6) is -4.35. The maximum atomic E-state index is 13.6. The SMILES string of the molecule is COCCOc1ccc(S(=O)(=O)Nc2ccc(F)c(F)c2F)cc1. The lowest BCUT2D eigenvalue weighted by Gasteiger charge is -2.10. The zero-order chi connectivity index (χ0) is 17.7. The first kappa shape index (κ1) is 18.1. The number of methoxy groups -OCH3 is 1. The maximum absolute atomic E-state index is 13.6. The fraction of sp³-hybridized carbons (Fsp3) is 0.200. The Balaban J connectivity index is 2.17. The normalized spacial score (nSPS) is 11.3. The van der Waals surface area contributed by atoms with E-state index < -0.39 is 33.2 Å². The van der Waals surface area contributed by atoms with Crippen LogP contribution < -0.4 is 9.46 Å². The summed E-state index contributed by atoms with van der Waals surface area (Å²) < 4.78 is 75.9. The standard InChI is InChI=1S/C15H14F3NO4S/c1-22-8-9-23-10-2-4-11(5-3-10)24(20,21)19-13-7-6-12(16)14(17)15(13)18/h2-7,19H,8-9H2,1H3. The Labute approximate surface area is 137 Å². The molecule has 0 heterocycles. The average molecular weight is 361 g/mol. The van der Waals surface area contributed by atoms with Crippen LogP contribution in [0.4, 0.5) is 18.9 Å². The Hall–Kier alpha value is -2.26. The lowest BCUT2D eigenvalue weighted by molar-refractivity contribution is 0.146. The van der Waals surface area contributed by atoms with Gasteiger partial charge >= 0.3 is 0 Å². The van der Waals surface area contributed by atoms with Crippen molar-refractivity contribution in [1.29, 1.82) is 0 Å². The molecule has 0 aliphatic rings. The Morgan fingerprint density at radius 2 is 1.62 bits per heavy atom. The van der Waals surface area contributed by atoms with Crippen LogP contribution in [0.5, 0.6) is 5.75 Å². The Kier molecular flexibility index (Phi) is 5.68. The van der Waals surface area contributed by atoms with E-state index in [0.717, 1.165) is 6.07 Å². The van der Waals surface area contributed by atoms with Crippen molar-refractivity contribution in [2.24, 2.45) is 0 Å². The molecule has 0 atom stereocenters. The molecule has 2 aromatic rings. The minimum atomic E-state index is -4.17. The molecule has 0 aliphatic heterocycles. The number of halogens is 3. The highest BCUT2D eigenvalue weighted by Gasteiger charge is 2.20. The quantitative estimate of drug-likeness (QED) is 0.608. The number of nitrogens with one attached hydrogen (secondary N) is 1. The molecule has 0 fully saturated rings. The van der Waals surface area contributed by atoms with Crippen LogP contribution in [0.2, 0.25) is 0 Å². The molecule has 0 aromatic heterocycles. The summed E-state index contributed by atoms with van der Waals surface area (Å²) in [5.41, 5.74) is -0.686. The van der Waals surface area contributed by atoms with E-state index in [9.17, 15) is 21.6 Å². The Morgan fingerprint density at radius 1 is 0.958 bits per heavy atom. The molecule has 2 aromatic carbocycles. The molecular weight excluding hydrogens is 347 g/mol. The van der Waals surface area contributed by atoms with Crippen LogP contribution in [0.25, 0.3) is 0 Å². The first-order valence-electron chi connectivity index (χ1n) is 6.73. The van der Waals surface area contributed by atoms with Gasteiger partial charge in [0, 0.05) is 7.11 Å². The van der Waals surface area contributed by atoms with Gasteiger partial charge < -0.3 is 9.47 Å². The zero-order valence-electron chi connectivity index (χ0n) is 12.6. The number of ether oxygens (including phenoxy) is 2. The summed E-state index contributed by atoms with van der Waals surface area (Å²) in [7, 11) is -2.65. The van der Waals surface area contributed by atoms with Crippen molar-refractivity contribution in [3.8, 4) is 5.75 Å². The van der Waals surface area contributed by atoms with Crippen molar-refractivity contribution in [2.75, 3.05) is 25.0 Å². The lowest BCUT2D eigenvalue weighted by atomic mass is 10.3. The van der Waals surface area contributed by atoms with Crippen molar-refractivity contribution in [3.05, 3.63) is 53.8 Å². The van der Waals surface area contributed by atoms with Gasteiger partial charge in [-0.1, -0.05) is 0 Å². The molecule has 0 unspecified atom stereocenters. The number of hydrogen-bond acceptors (Lipinski definition) is 4. The molecule has 0 spiro atoms. The van der Waals surface area contributed by atoms with Crippen LogP contribution in [0.15, 0.2) is 41.3 Å². The zero-order valence-corrected chi connectivity index (χ0v) is 13.4. The fourth-order valence-corrected chi connectivity index (χ4v) is 2.83. The van der Waals surface area contributed by atoms with Crippen molar-refractivity contribution in [1.82, 2.24) is 0 Å². The third-order valence-electron chi connectivity index (χ3n) is 2.97. The van der Waals surface area contributed by atoms with Gasteiger partial charge in [0.2, 0.25) is 0 Å². The van der Waals surface area contributed by atoms with Crippen molar-refractivity contribution >= 4 is 15.7 Å². The number of sulfonamides is 1. The fourth-order valence-electron chi connectivity index (χ4n) is 1.77. The minimum Gasteiger partial charge on any atom is -0.491 e. The predicted octanol–water partition coefficient (Wildman–Crippen LogP) is 2.93. The average Bonchev–Trinajstić information content (AvgIpc) is 2.56. The Bertz CT molecular complexity index is 810. The van der Waals surface area contributed by atoms with Crippen LogP contribution in [0.3, 0.4) is 0 Å². The third-order valence-corrected chi connectivity index (χ3v) is 4.35. The van der Waals surface area contributed by atoms with Gasteiger partial charge in [0.25, 0.3) is 10.0 Å². The molecular formula is C15H14F3NO4S. The second-order valence-electron chi connectivity index (χ2n) is 4.64. The highest BCUT2D eigenvalue weighted by Crippen LogP contribution is 2.23. The van der Waals surface area contributed by atoms with Crippen LogP contribution >= 0.6 is 0 Å². The molecule has 0 radical (unpaired) electrons. The predicted molar refractivity (Wildman–Crippen MR) is 80.9 cm³/mol. The van der Waals surface area contributed by atoms with Crippen molar-refractivity contribution in [3.63, 3.8) is 0 Å². The maximum Gasteiger partial charge on any atom is 0.261 e. The highest BCUT2D eigenvalue weighted by molar-refractivity contribution is 7.92. The van der Waals surface area contributed by atoms with E-state index in [0.29, 0.717) is 25.0 Å². The van der Waals surface area contributed by atoms with E-state index in [2.05, 4.69) is 0 Å². The molecule has 0 amide bonds. The number of hydrogen-bond donors (Lipinski definition) is 1. The van der Waals surface area contributed by atoms with Gasteiger partial charge in [-0.05, 0) is 36.4 Å². The van der Waals surface area contributed by atoms with Gasteiger partial charge in [-0.2, -0.15) is 0 Å². The molecule has 5 nitrogen and oxygen atoms in total. The van der Waals surface area contributed by atoms with Crippen LogP contribution in [-0.4, -0.2) is 28.7 Å². The molecule has 9 heteroatoms. The molecule has 0 aliphatic carbocycles. The van der Waals surface area contributed by atoms with E-state index in [1.807, 2.05) is 4.72 Å². The van der Waals surface area contributed by atoms with Crippen LogP contribution in [-0.2, 0) is 14.8 Å². The van der Waals surface area contributed by atoms with E-state index in [-0.39, 0.29) is 4.90 Å². The second-order valence-corrected chi connectivity index (χ2v) is 6.32. The summed E-state index contributed by atoms with van der Waals surface area (Å²) in [6, 6.07) is 6.72. The van der Waals surface area contributed by atoms with Crippen molar-refractivity contribution in [2.45, 2.75) is 4.90 Å². The van der Waals surface area contributed by atoms with Gasteiger partial charge in [-0.3, -0.25) is 4.72 Å². The van der Waals surface area contributed by atoms with E-state index in [1.54, 1.807) is 0 Å². The smallest absolute Gasteiger partial charge is 0.261 e. The van der Waals surface area contributed by atoms with Gasteiger partial charge in [0.1, 0.15) is 12.4 Å². The van der Waals surface area contributed by atoms with E-state index in [4.69, 9.17) is 9.47 Å². The van der Waals surface area contributed by atoms with Crippen molar-refractivity contribution < 1.29 is 31.1 Å². The number of anilines is 1. The molecule has 0 saturated heterocycles. The molecule has 0 bridgehead atoms. The van der Waals surface area contributed by atoms with Gasteiger partial charge in [0.15, 0.2) is 17.5 Å². The van der Waals surface area contributed by atoms with Gasteiger partial charge in [-0.15, -0.1) is 0 Å². The van der Waals surface area contributed by atoms with Gasteiger partial charge in [-0.25, -0.2) is 21.6 Å². The molecule has 0 saturated carbocycles. The molecule has 2 rings (SSSR count). The number of rotatable bonds is 7.